The number of benzene rings is 8. The monoisotopic (exact) mass is 712 g/mol. The molecule has 0 fully saturated rings. The van der Waals surface area contributed by atoms with Gasteiger partial charge in [-0.25, -0.2) is 0 Å². The first-order valence-electron chi connectivity index (χ1n) is 18.1. The lowest BCUT2D eigenvalue weighted by Gasteiger charge is -2.35. The van der Waals surface area contributed by atoms with E-state index < -0.39 is 7.14 Å². The van der Waals surface area contributed by atoms with Crippen molar-refractivity contribution in [1.82, 2.24) is 9.13 Å². The Morgan fingerprint density at radius 2 is 0.759 bits per heavy atom. The van der Waals surface area contributed by atoms with Crippen LogP contribution in [0.5, 0.6) is 23.0 Å². The summed E-state index contributed by atoms with van der Waals surface area (Å²) >= 11 is 0. The molecule has 0 unspecified atom stereocenters. The zero-order valence-corrected chi connectivity index (χ0v) is 29.7. The maximum atomic E-state index is 16.3. The molecule has 0 saturated carbocycles. The van der Waals surface area contributed by atoms with E-state index in [1.54, 1.807) is 0 Å². The van der Waals surface area contributed by atoms with Crippen LogP contribution in [0.4, 0.5) is 0 Å². The van der Waals surface area contributed by atoms with Crippen LogP contribution in [-0.2, 0) is 4.57 Å². The lowest BCUT2D eigenvalue weighted by molar-refractivity contribution is 0.462. The molecule has 54 heavy (non-hydrogen) atoms. The fourth-order valence-electron chi connectivity index (χ4n) is 8.82. The molecule has 5 nitrogen and oxygen atoms in total. The normalized spacial score (nSPS) is 13.7. The SMILES string of the molecule is O=P12c3ccc(-n4c5ccccc5c5ccccc54)cc3Oc3cc(-c4ccccc4)cc(c31)Oc1cc(-n3c4ccccc4c4ccccc43)ccc12. The highest BCUT2D eigenvalue weighted by Crippen LogP contribution is 2.59. The Balaban J connectivity index is 1.10. The third kappa shape index (κ3) is 3.96. The van der Waals surface area contributed by atoms with Crippen molar-refractivity contribution in [2.45, 2.75) is 0 Å². The predicted octanol–water partition coefficient (Wildman–Crippen LogP) is 11.4. The molecular formula is C48H29N2O3P. The summed E-state index contributed by atoms with van der Waals surface area (Å²) in [4.78, 5) is 0. The predicted molar refractivity (Wildman–Crippen MR) is 220 cm³/mol. The van der Waals surface area contributed by atoms with Gasteiger partial charge in [0, 0.05) is 45.1 Å². The van der Waals surface area contributed by atoms with Gasteiger partial charge in [0.1, 0.15) is 28.3 Å². The topological polar surface area (TPSA) is 45.4 Å². The van der Waals surface area contributed by atoms with E-state index in [4.69, 9.17) is 9.47 Å². The molecule has 12 rings (SSSR count). The summed E-state index contributed by atoms with van der Waals surface area (Å²) in [5.74, 6) is 2.28. The van der Waals surface area contributed by atoms with Crippen molar-refractivity contribution in [2.24, 2.45) is 0 Å². The molecule has 4 heterocycles. The third-order valence-electron chi connectivity index (χ3n) is 11.1. The Hall–Kier alpha value is -6.81. The van der Waals surface area contributed by atoms with Gasteiger partial charge in [-0.15, -0.1) is 0 Å². The van der Waals surface area contributed by atoms with Crippen LogP contribution in [0.1, 0.15) is 0 Å². The van der Waals surface area contributed by atoms with E-state index in [-0.39, 0.29) is 0 Å². The van der Waals surface area contributed by atoms with Gasteiger partial charge in [0.25, 0.3) is 0 Å². The van der Waals surface area contributed by atoms with Crippen LogP contribution in [0.2, 0.25) is 0 Å². The number of hydrogen-bond donors (Lipinski definition) is 0. The molecular weight excluding hydrogens is 684 g/mol. The number of fused-ring (bicyclic) bond motifs is 10. The molecule has 254 valence electrons. The lowest BCUT2D eigenvalue weighted by atomic mass is 10.0. The zero-order valence-electron chi connectivity index (χ0n) is 28.8. The first-order chi connectivity index (χ1) is 26.6. The van der Waals surface area contributed by atoms with E-state index in [1.165, 1.54) is 21.5 Å². The van der Waals surface area contributed by atoms with Crippen molar-refractivity contribution >= 4 is 66.7 Å². The van der Waals surface area contributed by atoms with Crippen LogP contribution < -0.4 is 25.4 Å². The molecule has 10 aromatic rings. The summed E-state index contributed by atoms with van der Waals surface area (Å²) in [6.07, 6.45) is 0. The Morgan fingerprint density at radius 3 is 1.19 bits per heavy atom. The van der Waals surface area contributed by atoms with Crippen molar-refractivity contribution < 1.29 is 14.0 Å². The number of aromatic nitrogens is 2. The molecule has 0 spiro atoms. The van der Waals surface area contributed by atoms with E-state index in [0.29, 0.717) is 38.9 Å². The molecule has 2 aliphatic heterocycles. The summed E-state index contributed by atoms with van der Waals surface area (Å²) in [6.45, 7) is 0. The van der Waals surface area contributed by atoms with Gasteiger partial charge in [0.05, 0.1) is 32.7 Å². The molecule has 0 saturated heterocycles. The maximum Gasteiger partial charge on any atom is 0.185 e. The third-order valence-corrected chi connectivity index (χ3v) is 14.3. The zero-order chi connectivity index (χ0) is 35.5. The maximum absolute atomic E-state index is 16.3. The molecule has 8 aromatic carbocycles. The summed E-state index contributed by atoms with van der Waals surface area (Å²) in [7, 11) is -3.48. The van der Waals surface area contributed by atoms with Gasteiger partial charge >= 0.3 is 0 Å². The van der Waals surface area contributed by atoms with E-state index >= 15 is 4.57 Å². The molecule has 0 aliphatic carbocycles. The second-order valence-corrected chi connectivity index (χ2v) is 16.7. The minimum absolute atomic E-state index is 0.554. The van der Waals surface area contributed by atoms with Gasteiger partial charge in [-0.05, 0) is 71.8 Å². The van der Waals surface area contributed by atoms with E-state index in [2.05, 4.69) is 130 Å². The second kappa shape index (κ2) is 10.9. The number of hydrogen-bond acceptors (Lipinski definition) is 3. The molecule has 0 N–H and O–H groups in total. The molecule has 0 bridgehead atoms. The fraction of sp³-hybridized carbons (Fsp3) is 0. The highest BCUT2D eigenvalue weighted by atomic mass is 31.2. The molecule has 6 heteroatoms. The van der Waals surface area contributed by atoms with Crippen LogP contribution in [0.3, 0.4) is 0 Å². The van der Waals surface area contributed by atoms with Gasteiger partial charge in [0.2, 0.25) is 0 Å². The average molecular weight is 713 g/mol. The molecule has 2 aliphatic rings. The molecule has 0 atom stereocenters. The van der Waals surface area contributed by atoms with E-state index in [9.17, 15) is 0 Å². The first kappa shape index (κ1) is 29.7. The summed E-state index contributed by atoms with van der Waals surface area (Å²) in [6, 6.07) is 60.3. The largest absolute Gasteiger partial charge is 0.455 e. The molecule has 0 amide bonds. The highest BCUT2D eigenvalue weighted by molar-refractivity contribution is 7.86. The Kier molecular flexibility index (Phi) is 5.98. The second-order valence-electron chi connectivity index (χ2n) is 14.0. The average Bonchev–Trinajstić information content (AvgIpc) is 3.74. The van der Waals surface area contributed by atoms with Gasteiger partial charge in [0.15, 0.2) is 7.14 Å². The van der Waals surface area contributed by atoms with Crippen molar-refractivity contribution in [3.8, 4) is 45.5 Å². The highest BCUT2D eigenvalue weighted by Gasteiger charge is 2.47. The van der Waals surface area contributed by atoms with E-state index in [0.717, 1.165) is 44.6 Å². The van der Waals surface area contributed by atoms with Crippen LogP contribution in [0.15, 0.2) is 176 Å². The summed E-state index contributed by atoms with van der Waals surface area (Å²) in [5.41, 5.74) is 8.24. The van der Waals surface area contributed by atoms with Crippen LogP contribution in [-0.4, -0.2) is 9.13 Å². The molecule has 2 aromatic heterocycles. The molecule has 0 radical (unpaired) electrons. The van der Waals surface area contributed by atoms with Crippen molar-refractivity contribution in [3.05, 3.63) is 176 Å². The van der Waals surface area contributed by atoms with Gasteiger partial charge < -0.3 is 23.2 Å². The Labute approximate surface area is 310 Å². The number of nitrogens with zero attached hydrogens (tertiary/aromatic N) is 2. The van der Waals surface area contributed by atoms with Gasteiger partial charge in [-0.1, -0.05) is 103 Å². The number of para-hydroxylation sites is 4. The standard InChI is InChI=1S/C48H29N2O3P/c51-54-46-24-22-32(49-38-18-8-4-14-34(38)35-15-5-9-19-39(35)49)28-42(46)52-44-26-31(30-12-2-1-3-13-30)27-45(48(44)54)53-43-29-33(23-25-47(43)54)50-40-20-10-6-16-36(40)37-17-7-11-21-41(37)50/h1-29H. The summed E-state index contributed by atoms with van der Waals surface area (Å²) in [5, 5.41) is 6.67. The van der Waals surface area contributed by atoms with Gasteiger partial charge in [-0.3, -0.25) is 0 Å². The number of rotatable bonds is 3. The minimum Gasteiger partial charge on any atom is -0.455 e. The van der Waals surface area contributed by atoms with Crippen molar-refractivity contribution in [1.29, 1.82) is 0 Å². The van der Waals surface area contributed by atoms with E-state index in [1.807, 2.05) is 54.6 Å². The smallest absolute Gasteiger partial charge is 0.185 e. The van der Waals surface area contributed by atoms with Crippen LogP contribution in [0.25, 0.3) is 66.1 Å². The quantitative estimate of drug-likeness (QED) is 0.171. The first-order valence-corrected chi connectivity index (χ1v) is 19.8. The number of ether oxygens (including phenoxy) is 2. The van der Waals surface area contributed by atoms with Gasteiger partial charge in [-0.2, -0.15) is 0 Å². The lowest BCUT2D eigenvalue weighted by Crippen LogP contribution is -2.35. The van der Waals surface area contributed by atoms with Crippen molar-refractivity contribution in [2.75, 3.05) is 0 Å². The van der Waals surface area contributed by atoms with Crippen LogP contribution in [0, 0.1) is 0 Å². The Morgan fingerprint density at radius 1 is 0.370 bits per heavy atom. The minimum atomic E-state index is -3.48. The van der Waals surface area contributed by atoms with Crippen molar-refractivity contribution in [3.63, 3.8) is 0 Å². The Bertz CT molecular complexity index is 2970. The fourth-order valence-corrected chi connectivity index (χ4v) is 11.8. The summed E-state index contributed by atoms with van der Waals surface area (Å²) < 4.78 is 34.5. The van der Waals surface area contributed by atoms with Crippen LogP contribution >= 0.6 is 7.14 Å².